The molecule has 0 unspecified atom stereocenters. The molecule has 1 heterocycles. The molecule has 122 valence electrons. The number of aliphatic hydroxyl groups is 1. The van der Waals surface area contributed by atoms with E-state index in [0.29, 0.717) is 15.6 Å². The summed E-state index contributed by atoms with van der Waals surface area (Å²) in [5.74, 6) is -0.586. The van der Waals surface area contributed by atoms with Crippen molar-refractivity contribution in [2.45, 2.75) is 18.0 Å². The van der Waals surface area contributed by atoms with Gasteiger partial charge in [-0.25, -0.2) is 0 Å². The second-order valence-corrected chi connectivity index (χ2v) is 6.50. The number of likely N-dealkylation sites (tertiary alicyclic amines) is 1. The molecule has 1 amide bonds. The fraction of sp³-hybridized carbons (Fsp3) is 0.222. The van der Waals surface area contributed by atoms with Crippen molar-refractivity contribution in [3.8, 4) is 6.07 Å². The first-order valence-electron chi connectivity index (χ1n) is 7.41. The monoisotopic (exact) mass is 360 g/mol. The largest absolute Gasteiger partial charge is 0.394 e. The number of carbonyl (C=O) groups is 1. The van der Waals surface area contributed by atoms with Crippen LogP contribution in [-0.2, 0) is 0 Å². The van der Waals surface area contributed by atoms with Gasteiger partial charge >= 0.3 is 0 Å². The molecule has 0 spiro atoms. The number of benzene rings is 2. The van der Waals surface area contributed by atoms with E-state index in [1.165, 1.54) is 23.1 Å². The molecular weight excluding hydrogens is 347 g/mol. The summed E-state index contributed by atoms with van der Waals surface area (Å²) in [6.45, 7) is -0.224. The van der Waals surface area contributed by atoms with Crippen molar-refractivity contribution in [2.75, 3.05) is 6.61 Å². The summed E-state index contributed by atoms with van der Waals surface area (Å²) in [4.78, 5) is 14.2. The predicted octanol–water partition coefficient (Wildman–Crippen LogP) is 3.49. The quantitative estimate of drug-likeness (QED) is 0.910. The summed E-state index contributed by atoms with van der Waals surface area (Å²) < 4.78 is 0. The lowest BCUT2D eigenvalue weighted by Gasteiger charge is -2.51. The smallest absolute Gasteiger partial charge is 0.255 e. The van der Waals surface area contributed by atoms with E-state index in [4.69, 9.17) is 23.2 Å². The van der Waals surface area contributed by atoms with Crippen molar-refractivity contribution in [1.82, 2.24) is 4.90 Å². The van der Waals surface area contributed by atoms with Gasteiger partial charge in [-0.1, -0.05) is 53.5 Å². The minimum atomic E-state index is -0.644. The fourth-order valence-electron chi connectivity index (χ4n) is 3.19. The Bertz CT molecular complexity index is 784. The Hall–Kier alpha value is -2.06. The summed E-state index contributed by atoms with van der Waals surface area (Å²) in [5.41, 5.74) is 1.23. The van der Waals surface area contributed by atoms with Gasteiger partial charge in [0.1, 0.15) is 6.04 Å². The maximum absolute atomic E-state index is 12.8. The van der Waals surface area contributed by atoms with E-state index in [-0.39, 0.29) is 18.4 Å². The second-order valence-electron chi connectivity index (χ2n) is 5.63. The number of aliphatic hydroxyl groups excluding tert-OH is 1. The molecule has 1 N–H and O–H groups in total. The molecule has 0 aliphatic carbocycles. The van der Waals surface area contributed by atoms with E-state index < -0.39 is 12.1 Å². The number of carbonyl (C=O) groups excluding carboxylic acids is 1. The highest BCUT2D eigenvalue weighted by Gasteiger charge is 2.51. The Morgan fingerprint density at radius 3 is 2.33 bits per heavy atom. The molecule has 3 atom stereocenters. The number of hydrogen-bond acceptors (Lipinski definition) is 3. The van der Waals surface area contributed by atoms with E-state index in [1.807, 2.05) is 30.3 Å². The molecule has 1 aliphatic rings. The average molecular weight is 361 g/mol. The number of halogens is 2. The summed E-state index contributed by atoms with van der Waals surface area (Å²) in [6, 6.07) is 15.1. The lowest BCUT2D eigenvalue weighted by atomic mass is 9.75. The Labute approximate surface area is 149 Å². The molecule has 2 aromatic carbocycles. The average Bonchev–Trinajstić information content (AvgIpc) is 2.54. The molecule has 4 nitrogen and oxygen atoms in total. The number of amides is 1. The predicted molar refractivity (Wildman–Crippen MR) is 92.1 cm³/mol. The van der Waals surface area contributed by atoms with E-state index in [9.17, 15) is 15.2 Å². The molecule has 1 saturated heterocycles. The number of rotatable bonds is 3. The molecule has 1 fully saturated rings. The zero-order valence-electron chi connectivity index (χ0n) is 12.6. The first-order chi connectivity index (χ1) is 11.6. The van der Waals surface area contributed by atoms with Crippen LogP contribution in [-0.4, -0.2) is 34.6 Å². The Balaban J connectivity index is 1.93. The van der Waals surface area contributed by atoms with Crippen molar-refractivity contribution < 1.29 is 9.90 Å². The highest BCUT2D eigenvalue weighted by atomic mass is 35.5. The third kappa shape index (κ3) is 2.87. The summed E-state index contributed by atoms with van der Waals surface area (Å²) in [7, 11) is 0. The van der Waals surface area contributed by atoms with Crippen molar-refractivity contribution in [3.63, 3.8) is 0 Å². The van der Waals surface area contributed by atoms with Crippen LogP contribution < -0.4 is 0 Å². The van der Waals surface area contributed by atoms with Crippen LogP contribution in [0.25, 0.3) is 0 Å². The summed E-state index contributed by atoms with van der Waals surface area (Å²) in [5, 5.41) is 20.0. The Morgan fingerprint density at radius 1 is 1.17 bits per heavy atom. The van der Waals surface area contributed by atoms with Crippen molar-refractivity contribution in [2.24, 2.45) is 0 Å². The van der Waals surface area contributed by atoms with Crippen LogP contribution in [0.5, 0.6) is 0 Å². The minimum absolute atomic E-state index is 0.222. The van der Waals surface area contributed by atoms with E-state index in [1.54, 1.807) is 0 Å². The maximum atomic E-state index is 12.8. The molecule has 24 heavy (non-hydrogen) atoms. The second kappa shape index (κ2) is 6.82. The van der Waals surface area contributed by atoms with Crippen LogP contribution in [0.15, 0.2) is 48.5 Å². The zero-order valence-corrected chi connectivity index (χ0v) is 14.1. The molecule has 1 aliphatic heterocycles. The first-order valence-corrected chi connectivity index (χ1v) is 8.16. The Kier molecular flexibility index (Phi) is 4.77. The number of nitrogens with zero attached hydrogens (tertiary/aromatic N) is 2. The van der Waals surface area contributed by atoms with Gasteiger partial charge in [-0.15, -0.1) is 0 Å². The standard InChI is InChI=1S/C18H14Cl2N2O2/c19-13-6-12(7-14(20)8-13)18(24)22-15(9-21)17(16(22)10-23)11-4-2-1-3-5-11/h1-8,15-17,23H,10H2/t15-,16+,17+/m1/s1. The van der Waals surface area contributed by atoms with Gasteiger partial charge < -0.3 is 10.0 Å². The van der Waals surface area contributed by atoms with E-state index >= 15 is 0 Å². The summed E-state index contributed by atoms with van der Waals surface area (Å²) >= 11 is 11.9. The molecule has 0 bridgehead atoms. The highest BCUT2D eigenvalue weighted by molar-refractivity contribution is 6.35. The van der Waals surface area contributed by atoms with Crippen LogP contribution in [0, 0.1) is 11.3 Å². The van der Waals surface area contributed by atoms with Crippen molar-refractivity contribution in [1.29, 1.82) is 5.26 Å². The molecule has 0 saturated carbocycles. The number of nitriles is 1. The SMILES string of the molecule is N#C[C@@H]1[C@H](c2ccccc2)[C@H](CO)N1C(=O)c1cc(Cl)cc(Cl)c1. The van der Waals surface area contributed by atoms with Gasteiger partial charge in [-0.3, -0.25) is 4.79 Å². The van der Waals surface area contributed by atoms with Gasteiger partial charge in [-0.2, -0.15) is 5.26 Å². The molecule has 0 aromatic heterocycles. The fourth-order valence-corrected chi connectivity index (χ4v) is 3.71. The lowest BCUT2D eigenvalue weighted by molar-refractivity contribution is -0.00585. The van der Waals surface area contributed by atoms with Crippen molar-refractivity contribution >= 4 is 29.1 Å². The molecule has 0 radical (unpaired) electrons. The van der Waals surface area contributed by atoms with E-state index in [0.717, 1.165) is 5.56 Å². The topological polar surface area (TPSA) is 64.3 Å². The molecule has 3 rings (SSSR count). The lowest BCUT2D eigenvalue weighted by Crippen LogP contribution is -2.65. The van der Waals surface area contributed by atoms with Crippen LogP contribution in [0.1, 0.15) is 21.8 Å². The van der Waals surface area contributed by atoms with Gasteiger partial charge in [0.25, 0.3) is 5.91 Å². The van der Waals surface area contributed by atoms with Crippen LogP contribution >= 0.6 is 23.2 Å². The highest BCUT2D eigenvalue weighted by Crippen LogP contribution is 2.41. The molecule has 6 heteroatoms. The third-order valence-electron chi connectivity index (χ3n) is 4.26. The van der Waals surface area contributed by atoms with Crippen molar-refractivity contribution in [3.05, 3.63) is 69.7 Å². The third-order valence-corrected chi connectivity index (χ3v) is 4.70. The first kappa shape index (κ1) is 16.8. The van der Waals surface area contributed by atoms with Crippen LogP contribution in [0.3, 0.4) is 0 Å². The van der Waals surface area contributed by atoms with E-state index in [2.05, 4.69) is 6.07 Å². The van der Waals surface area contributed by atoms with Gasteiger partial charge in [0.15, 0.2) is 0 Å². The normalized spacial score (nSPS) is 22.6. The minimum Gasteiger partial charge on any atom is -0.394 e. The van der Waals surface area contributed by atoms with Crippen LogP contribution in [0.4, 0.5) is 0 Å². The zero-order chi connectivity index (χ0) is 17.3. The molecular formula is C18H14Cl2N2O2. The van der Waals surface area contributed by atoms with Gasteiger partial charge in [0.2, 0.25) is 0 Å². The Morgan fingerprint density at radius 2 is 1.79 bits per heavy atom. The van der Waals surface area contributed by atoms with Gasteiger partial charge in [-0.05, 0) is 23.8 Å². The van der Waals surface area contributed by atoms with Gasteiger partial charge in [0, 0.05) is 21.5 Å². The van der Waals surface area contributed by atoms with Gasteiger partial charge in [0.05, 0.1) is 18.7 Å². The van der Waals surface area contributed by atoms with Crippen LogP contribution in [0.2, 0.25) is 10.0 Å². The summed E-state index contributed by atoms with van der Waals surface area (Å²) in [6.07, 6.45) is 0. The molecule has 2 aromatic rings. The maximum Gasteiger partial charge on any atom is 0.255 e. The number of hydrogen-bond donors (Lipinski definition) is 1.